The summed E-state index contributed by atoms with van der Waals surface area (Å²) in [7, 11) is 0. The van der Waals surface area contributed by atoms with Crippen LogP contribution in [0.4, 0.5) is 0 Å². The second-order valence-corrected chi connectivity index (χ2v) is 7.86. The SMILES string of the molecule is Cc1nc(C2CSCCO2)sc1CNC(C)(C)C. The standard InChI is InChI=1S/C13H22N2OS2/c1-9-11(7-14-13(2,3)4)18-12(15-9)10-8-17-6-5-16-10/h10,14H,5-8H2,1-4H3. The number of nitrogens with one attached hydrogen (secondary N) is 1. The molecule has 1 atom stereocenters. The molecule has 0 bridgehead atoms. The summed E-state index contributed by atoms with van der Waals surface area (Å²) in [5.41, 5.74) is 1.29. The van der Waals surface area contributed by atoms with Crippen LogP contribution in [0.25, 0.3) is 0 Å². The Morgan fingerprint density at radius 1 is 1.44 bits per heavy atom. The maximum atomic E-state index is 5.78. The van der Waals surface area contributed by atoms with Crippen molar-refractivity contribution in [1.82, 2.24) is 10.3 Å². The van der Waals surface area contributed by atoms with Gasteiger partial charge in [0.25, 0.3) is 0 Å². The minimum atomic E-state index is 0.147. The van der Waals surface area contributed by atoms with E-state index in [-0.39, 0.29) is 11.6 Å². The Morgan fingerprint density at radius 2 is 2.22 bits per heavy atom. The number of nitrogens with zero attached hydrogens (tertiary/aromatic N) is 1. The monoisotopic (exact) mass is 286 g/mol. The summed E-state index contributed by atoms with van der Waals surface area (Å²) in [6.07, 6.45) is 0.204. The van der Waals surface area contributed by atoms with E-state index in [9.17, 15) is 0 Å². The lowest BCUT2D eigenvalue weighted by molar-refractivity contribution is 0.0754. The first-order valence-corrected chi connectivity index (χ1v) is 8.33. The van der Waals surface area contributed by atoms with Gasteiger partial charge in [-0.3, -0.25) is 0 Å². The Hall–Kier alpha value is -0.100. The second kappa shape index (κ2) is 5.90. The van der Waals surface area contributed by atoms with Crippen molar-refractivity contribution in [3.05, 3.63) is 15.6 Å². The third-order valence-electron chi connectivity index (χ3n) is 2.78. The molecule has 2 rings (SSSR count). The van der Waals surface area contributed by atoms with Crippen LogP contribution in [-0.2, 0) is 11.3 Å². The molecule has 18 heavy (non-hydrogen) atoms. The fourth-order valence-corrected chi connectivity index (χ4v) is 3.74. The highest BCUT2D eigenvalue weighted by atomic mass is 32.2. The van der Waals surface area contributed by atoms with E-state index < -0.39 is 0 Å². The van der Waals surface area contributed by atoms with E-state index in [0.717, 1.165) is 35.4 Å². The average molecular weight is 286 g/mol. The first-order chi connectivity index (χ1) is 8.46. The zero-order chi connectivity index (χ0) is 13.2. The highest BCUT2D eigenvalue weighted by Gasteiger charge is 2.21. The van der Waals surface area contributed by atoms with Crippen molar-refractivity contribution in [3.63, 3.8) is 0 Å². The van der Waals surface area contributed by atoms with Gasteiger partial charge in [-0.1, -0.05) is 0 Å². The van der Waals surface area contributed by atoms with Crippen LogP contribution < -0.4 is 5.32 Å². The summed E-state index contributed by atoms with van der Waals surface area (Å²) < 4.78 is 5.78. The number of aromatic nitrogens is 1. The average Bonchev–Trinajstić information content (AvgIpc) is 2.68. The van der Waals surface area contributed by atoms with Crippen molar-refractivity contribution in [3.8, 4) is 0 Å². The van der Waals surface area contributed by atoms with E-state index in [4.69, 9.17) is 4.74 Å². The number of thioether (sulfide) groups is 1. The molecule has 1 saturated heterocycles. The molecule has 1 aromatic heterocycles. The Kier molecular flexibility index (Phi) is 4.69. The Balaban J connectivity index is 2.02. The lowest BCUT2D eigenvalue weighted by Crippen LogP contribution is -2.34. The molecule has 0 spiro atoms. The van der Waals surface area contributed by atoms with Crippen LogP contribution in [0.2, 0.25) is 0 Å². The van der Waals surface area contributed by atoms with Crippen LogP contribution in [0.15, 0.2) is 0 Å². The number of aryl methyl sites for hydroxylation is 1. The van der Waals surface area contributed by atoms with E-state index in [2.05, 4.69) is 38.0 Å². The summed E-state index contributed by atoms with van der Waals surface area (Å²) in [5, 5.41) is 4.66. The summed E-state index contributed by atoms with van der Waals surface area (Å²) in [5.74, 6) is 2.15. The maximum Gasteiger partial charge on any atom is 0.123 e. The number of ether oxygens (including phenoxy) is 1. The largest absolute Gasteiger partial charge is 0.369 e. The molecule has 0 amide bonds. The Morgan fingerprint density at radius 3 is 2.83 bits per heavy atom. The fraction of sp³-hybridized carbons (Fsp3) is 0.769. The summed E-state index contributed by atoms with van der Waals surface area (Å²) in [4.78, 5) is 6.01. The van der Waals surface area contributed by atoms with Crippen LogP contribution in [0.3, 0.4) is 0 Å². The van der Waals surface area contributed by atoms with Crippen molar-refractivity contribution in [2.75, 3.05) is 18.1 Å². The summed E-state index contributed by atoms with van der Waals surface area (Å²) in [6.45, 7) is 10.4. The van der Waals surface area contributed by atoms with E-state index in [1.54, 1.807) is 11.3 Å². The molecule has 1 N–H and O–H groups in total. The molecule has 1 aliphatic rings. The molecule has 1 aliphatic heterocycles. The predicted octanol–water partition coefficient (Wildman–Crippen LogP) is 3.14. The molecule has 0 saturated carbocycles. The van der Waals surface area contributed by atoms with Gasteiger partial charge in [0, 0.05) is 28.5 Å². The van der Waals surface area contributed by atoms with Gasteiger partial charge in [0.1, 0.15) is 11.1 Å². The van der Waals surface area contributed by atoms with Gasteiger partial charge in [-0.05, 0) is 27.7 Å². The maximum absolute atomic E-state index is 5.78. The third kappa shape index (κ3) is 3.95. The predicted molar refractivity (Wildman–Crippen MR) is 79.5 cm³/mol. The molecular formula is C13H22N2OS2. The van der Waals surface area contributed by atoms with Gasteiger partial charge in [0.05, 0.1) is 12.3 Å². The van der Waals surface area contributed by atoms with E-state index >= 15 is 0 Å². The van der Waals surface area contributed by atoms with Crippen molar-refractivity contribution in [2.24, 2.45) is 0 Å². The summed E-state index contributed by atoms with van der Waals surface area (Å²) >= 11 is 3.75. The Labute approximate surface area is 118 Å². The molecule has 1 fully saturated rings. The molecule has 1 unspecified atom stereocenters. The highest BCUT2D eigenvalue weighted by molar-refractivity contribution is 7.99. The smallest absolute Gasteiger partial charge is 0.123 e. The van der Waals surface area contributed by atoms with Gasteiger partial charge < -0.3 is 10.1 Å². The zero-order valence-corrected chi connectivity index (χ0v) is 13.2. The lowest BCUT2D eigenvalue weighted by Gasteiger charge is -2.20. The molecule has 3 nitrogen and oxygen atoms in total. The highest BCUT2D eigenvalue weighted by Crippen LogP contribution is 2.31. The second-order valence-electron chi connectivity index (χ2n) is 5.60. The molecule has 1 aromatic rings. The van der Waals surface area contributed by atoms with Crippen LogP contribution in [0.1, 0.15) is 42.5 Å². The van der Waals surface area contributed by atoms with Gasteiger partial charge >= 0.3 is 0 Å². The fourth-order valence-electron chi connectivity index (χ4n) is 1.73. The van der Waals surface area contributed by atoms with Crippen molar-refractivity contribution in [2.45, 2.75) is 45.9 Å². The van der Waals surface area contributed by atoms with Gasteiger partial charge in [0.2, 0.25) is 0 Å². The zero-order valence-electron chi connectivity index (χ0n) is 11.6. The first kappa shape index (κ1) is 14.3. The quantitative estimate of drug-likeness (QED) is 0.925. The van der Waals surface area contributed by atoms with E-state index in [1.807, 2.05) is 11.8 Å². The van der Waals surface area contributed by atoms with E-state index in [1.165, 1.54) is 4.88 Å². The lowest BCUT2D eigenvalue weighted by atomic mass is 10.1. The molecule has 0 radical (unpaired) electrons. The van der Waals surface area contributed by atoms with Crippen molar-refractivity contribution >= 4 is 23.1 Å². The normalized spacial score (nSPS) is 21.2. The number of rotatable bonds is 3. The van der Waals surface area contributed by atoms with Crippen LogP contribution in [-0.4, -0.2) is 28.6 Å². The molecular weight excluding hydrogens is 264 g/mol. The number of hydrogen-bond donors (Lipinski definition) is 1. The van der Waals surface area contributed by atoms with Crippen LogP contribution in [0.5, 0.6) is 0 Å². The molecule has 102 valence electrons. The minimum absolute atomic E-state index is 0.147. The van der Waals surface area contributed by atoms with Crippen LogP contribution in [0, 0.1) is 6.92 Å². The third-order valence-corrected chi connectivity index (χ3v) is 5.02. The number of thiazole rings is 1. The molecule has 5 heteroatoms. The topological polar surface area (TPSA) is 34.1 Å². The minimum Gasteiger partial charge on any atom is -0.369 e. The van der Waals surface area contributed by atoms with Gasteiger partial charge in [-0.15, -0.1) is 11.3 Å². The summed E-state index contributed by atoms with van der Waals surface area (Å²) in [6, 6.07) is 0. The Bertz CT molecular complexity index is 392. The molecule has 0 aliphatic carbocycles. The van der Waals surface area contributed by atoms with Crippen molar-refractivity contribution in [1.29, 1.82) is 0 Å². The van der Waals surface area contributed by atoms with E-state index in [0.29, 0.717) is 0 Å². The first-order valence-electron chi connectivity index (χ1n) is 6.36. The van der Waals surface area contributed by atoms with Crippen molar-refractivity contribution < 1.29 is 4.74 Å². The molecule has 2 heterocycles. The van der Waals surface area contributed by atoms with Gasteiger partial charge in [-0.2, -0.15) is 11.8 Å². The van der Waals surface area contributed by atoms with Gasteiger partial charge in [0.15, 0.2) is 0 Å². The number of hydrogen-bond acceptors (Lipinski definition) is 5. The molecule has 0 aromatic carbocycles. The van der Waals surface area contributed by atoms with Crippen LogP contribution >= 0.6 is 23.1 Å². The van der Waals surface area contributed by atoms with Gasteiger partial charge in [-0.25, -0.2) is 4.98 Å².